The van der Waals surface area contributed by atoms with Crippen molar-refractivity contribution in [1.82, 2.24) is 10.3 Å². The lowest BCUT2D eigenvalue weighted by Gasteiger charge is -2.27. The fraction of sp³-hybridized carbons (Fsp3) is 0.688. The fourth-order valence-electron chi connectivity index (χ4n) is 2.30. The summed E-state index contributed by atoms with van der Waals surface area (Å²) in [7, 11) is 2.11. The number of aromatic nitrogens is 1. The minimum Gasteiger partial charge on any atom is -0.357 e. The van der Waals surface area contributed by atoms with Gasteiger partial charge in [-0.15, -0.1) is 0 Å². The molecular weight excluding hydrogens is 270 g/mol. The zero-order chi connectivity index (χ0) is 15.1. The van der Waals surface area contributed by atoms with Crippen molar-refractivity contribution in [2.24, 2.45) is 5.92 Å². The van der Waals surface area contributed by atoms with Crippen LogP contribution in [-0.2, 0) is 6.54 Å². The van der Waals surface area contributed by atoms with Gasteiger partial charge in [-0.05, 0) is 37.4 Å². The van der Waals surface area contributed by atoms with Gasteiger partial charge in [-0.1, -0.05) is 39.3 Å². The smallest absolute Gasteiger partial charge is 0.128 e. The predicted molar refractivity (Wildman–Crippen MR) is 88.6 cm³/mol. The number of rotatable bonds is 8. The van der Waals surface area contributed by atoms with E-state index in [4.69, 9.17) is 16.6 Å². The summed E-state index contributed by atoms with van der Waals surface area (Å²) in [4.78, 5) is 6.97. The highest BCUT2D eigenvalue weighted by Crippen LogP contribution is 2.21. The summed E-state index contributed by atoms with van der Waals surface area (Å²) in [6.07, 6.45) is 2.25. The van der Waals surface area contributed by atoms with Crippen LogP contribution in [0, 0.1) is 5.92 Å². The van der Waals surface area contributed by atoms with Crippen LogP contribution in [0.2, 0.25) is 5.02 Å². The first-order chi connectivity index (χ1) is 9.49. The minimum atomic E-state index is 0.528. The lowest BCUT2D eigenvalue weighted by Crippen LogP contribution is -2.31. The molecule has 1 rings (SSSR count). The first-order valence-corrected chi connectivity index (χ1v) is 7.96. The topological polar surface area (TPSA) is 28.2 Å². The molecule has 0 aliphatic rings. The first-order valence-electron chi connectivity index (χ1n) is 7.58. The maximum absolute atomic E-state index is 6.24. The largest absolute Gasteiger partial charge is 0.357 e. The van der Waals surface area contributed by atoms with Gasteiger partial charge in [0.1, 0.15) is 5.82 Å². The molecule has 0 saturated carbocycles. The van der Waals surface area contributed by atoms with Crippen LogP contribution in [0.15, 0.2) is 12.1 Å². The van der Waals surface area contributed by atoms with Gasteiger partial charge in [-0.3, -0.25) is 0 Å². The number of hydrogen-bond donors (Lipinski definition) is 1. The van der Waals surface area contributed by atoms with Crippen molar-refractivity contribution >= 4 is 17.4 Å². The monoisotopic (exact) mass is 297 g/mol. The summed E-state index contributed by atoms with van der Waals surface area (Å²) < 4.78 is 0. The van der Waals surface area contributed by atoms with Crippen LogP contribution in [0.25, 0.3) is 0 Å². The second-order valence-corrected chi connectivity index (χ2v) is 6.11. The van der Waals surface area contributed by atoms with E-state index in [9.17, 15) is 0 Å². The van der Waals surface area contributed by atoms with E-state index in [2.05, 4.69) is 45.0 Å². The highest BCUT2D eigenvalue weighted by Gasteiger charge is 2.14. The fourth-order valence-corrected chi connectivity index (χ4v) is 2.47. The lowest BCUT2D eigenvalue weighted by molar-refractivity contribution is 0.546. The van der Waals surface area contributed by atoms with Gasteiger partial charge in [0.05, 0.1) is 10.7 Å². The molecule has 1 aromatic rings. The molecule has 1 N–H and O–H groups in total. The third kappa shape index (κ3) is 4.95. The number of anilines is 1. The Bertz CT molecular complexity index is 403. The maximum atomic E-state index is 6.24. The third-order valence-electron chi connectivity index (χ3n) is 3.60. The summed E-state index contributed by atoms with van der Waals surface area (Å²) in [6, 6.07) is 4.49. The Morgan fingerprint density at radius 1 is 1.25 bits per heavy atom. The van der Waals surface area contributed by atoms with E-state index >= 15 is 0 Å². The molecule has 1 heterocycles. The predicted octanol–water partition coefficient (Wildman–Crippen LogP) is 4.11. The zero-order valence-corrected chi connectivity index (χ0v) is 14.2. The molecule has 0 amide bonds. The van der Waals surface area contributed by atoms with Crippen LogP contribution in [0.4, 0.5) is 5.82 Å². The Labute approximate surface area is 128 Å². The summed E-state index contributed by atoms with van der Waals surface area (Å²) in [5.74, 6) is 1.63. The quantitative estimate of drug-likeness (QED) is 0.783. The van der Waals surface area contributed by atoms with Gasteiger partial charge in [-0.25, -0.2) is 4.98 Å². The molecule has 3 nitrogen and oxygen atoms in total. The van der Waals surface area contributed by atoms with Crippen molar-refractivity contribution in [1.29, 1.82) is 0 Å². The van der Waals surface area contributed by atoms with Gasteiger partial charge < -0.3 is 10.2 Å². The van der Waals surface area contributed by atoms with E-state index < -0.39 is 0 Å². The van der Waals surface area contributed by atoms with Gasteiger partial charge in [0.15, 0.2) is 0 Å². The van der Waals surface area contributed by atoms with Gasteiger partial charge in [0.25, 0.3) is 0 Å². The van der Waals surface area contributed by atoms with E-state index in [0.717, 1.165) is 42.5 Å². The molecule has 1 aromatic heterocycles. The SMILES string of the molecule is CCC(CC)N(C)c1ccc(Cl)c(CNCC(C)C)n1. The van der Waals surface area contributed by atoms with Crippen LogP contribution < -0.4 is 10.2 Å². The highest BCUT2D eigenvalue weighted by atomic mass is 35.5. The van der Waals surface area contributed by atoms with Crippen LogP contribution in [0.5, 0.6) is 0 Å². The highest BCUT2D eigenvalue weighted by molar-refractivity contribution is 6.31. The number of pyridine rings is 1. The van der Waals surface area contributed by atoms with E-state index in [0.29, 0.717) is 12.0 Å². The molecule has 0 unspecified atom stereocenters. The molecule has 0 atom stereocenters. The maximum Gasteiger partial charge on any atom is 0.128 e. The molecule has 20 heavy (non-hydrogen) atoms. The summed E-state index contributed by atoms with van der Waals surface area (Å²) in [6.45, 7) is 10.5. The number of nitrogens with zero attached hydrogens (tertiary/aromatic N) is 2. The summed E-state index contributed by atoms with van der Waals surface area (Å²) in [5, 5.41) is 4.14. The first kappa shape index (κ1) is 17.3. The van der Waals surface area contributed by atoms with Gasteiger partial charge in [-0.2, -0.15) is 0 Å². The Kier molecular flexibility index (Phi) is 7.31. The van der Waals surface area contributed by atoms with Crippen molar-refractivity contribution in [3.63, 3.8) is 0 Å². The van der Waals surface area contributed by atoms with Crippen molar-refractivity contribution in [3.8, 4) is 0 Å². The standard InChI is InChI=1S/C16H28ClN3/c1-6-13(7-2)20(5)16-9-8-14(17)15(19-16)11-18-10-12(3)4/h8-9,12-13,18H,6-7,10-11H2,1-5H3. The number of nitrogens with one attached hydrogen (secondary N) is 1. The lowest BCUT2D eigenvalue weighted by atomic mass is 10.1. The average Bonchev–Trinajstić information content (AvgIpc) is 2.41. The molecule has 0 fully saturated rings. The molecule has 0 radical (unpaired) electrons. The summed E-state index contributed by atoms with van der Waals surface area (Å²) >= 11 is 6.24. The van der Waals surface area contributed by atoms with E-state index in [1.807, 2.05) is 12.1 Å². The summed E-state index contributed by atoms with van der Waals surface area (Å²) in [5.41, 5.74) is 0.933. The van der Waals surface area contributed by atoms with Crippen LogP contribution in [0.3, 0.4) is 0 Å². The van der Waals surface area contributed by atoms with E-state index in [1.54, 1.807) is 0 Å². The second kappa shape index (κ2) is 8.48. The minimum absolute atomic E-state index is 0.528. The van der Waals surface area contributed by atoms with Gasteiger partial charge in [0.2, 0.25) is 0 Å². The molecule has 0 aromatic carbocycles. The molecule has 4 heteroatoms. The van der Waals surface area contributed by atoms with E-state index in [-0.39, 0.29) is 0 Å². The van der Waals surface area contributed by atoms with E-state index in [1.165, 1.54) is 0 Å². The second-order valence-electron chi connectivity index (χ2n) is 5.70. The number of hydrogen-bond acceptors (Lipinski definition) is 3. The Morgan fingerprint density at radius 3 is 2.45 bits per heavy atom. The molecule has 0 bridgehead atoms. The zero-order valence-electron chi connectivity index (χ0n) is 13.4. The molecule has 0 spiro atoms. The van der Waals surface area contributed by atoms with Crippen molar-refractivity contribution in [3.05, 3.63) is 22.8 Å². The molecule has 0 saturated heterocycles. The molecule has 0 aliphatic heterocycles. The van der Waals surface area contributed by atoms with Crippen LogP contribution in [-0.4, -0.2) is 24.6 Å². The van der Waals surface area contributed by atoms with Gasteiger partial charge >= 0.3 is 0 Å². The van der Waals surface area contributed by atoms with Crippen molar-refractivity contribution < 1.29 is 0 Å². The van der Waals surface area contributed by atoms with Crippen LogP contribution in [0.1, 0.15) is 46.2 Å². The van der Waals surface area contributed by atoms with Gasteiger partial charge in [0, 0.05) is 19.6 Å². The Hall–Kier alpha value is -0.800. The molecule has 114 valence electrons. The van der Waals surface area contributed by atoms with Crippen molar-refractivity contribution in [2.75, 3.05) is 18.5 Å². The van der Waals surface area contributed by atoms with Crippen LogP contribution >= 0.6 is 11.6 Å². The number of halogens is 1. The average molecular weight is 298 g/mol. The third-order valence-corrected chi connectivity index (χ3v) is 3.94. The molecular formula is C16H28ClN3. The molecule has 0 aliphatic carbocycles. The normalized spacial score (nSPS) is 11.4. The van der Waals surface area contributed by atoms with Crippen molar-refractivity contribution in [2.45, 2.75) is 53.1 Å². The Balaban J connectivity index is 2.79. The Morgan fingerprint density at radius 2 is 1.90 bits per heavy atom.